The molecule has 0 aromatic carbocycles. The van der Waals surface area contributed by atoms with Gasteiger partial charge in [-0.15, -0.1) is 0 Å². The van der Waals surface area contributed by atoms with Gasteiger partial charge in [-0.2, -0.15) is 0 Å². The maximum absolute atomic E-state index is 11.6. The molecule has 1 amide bonds. The zero-order valence-electron chi connectivity index (χ0n) is 9.60. The van der Waals surface area contributed by atoms with E-state index in [1.54, 1.807) is 11.9 Å². The Morgan fingerprint density at radius 1 is 1.62 bits per heavy atom. The summed E-state index contributed by atoms with van der Waals surface area (Å²) in [7, 11) is 3.02. The van der Waals surface area contributed by atoms with Gasteiger partial charge in [0.1, 0.15) is 6.04 Å². The number of nitrogens with one attached hydrogen (secondary N) is 1. The van der Waals surface area contributed by atoms with E-state index in [1.165, 1.54) is 7.11 Å². The van der Waals surface area contributed by atoms with Crippen LogP contribution < -0.4 is 5.32 Å². The molecule has 1 fully saturated rings. The lowest BCUT2D eigenvalue weighted by molar-refractivity contribution is -0.146. The molecule has 0 radical (unpaired) electrons. The Balaban J connectivity index is 2.74. The molecule has 0 aromatic heterocycles. The molecule has 2 N–H and O–H groups in total. The van der Waals surface area contributed by atoms with Crippen LogP contribution in [0.2, 0.25) is 0 Å². The molecule has 0 spiro atoms. The lowest BCUT2D eigenvalue weighted by Crippen LogP contribution is -2.51. The van der Waals surface area contributed by atoms with Gasteiger partial charge in [0.15, 0.2) is 0 Å². The fourth-order valence-corrected chi connectivity index (χ4v) is 2.08. The van der Waals surface area contributed by atoms with Gasteiger partial charge in [0.2, 0.25) is 5.91 Å². The van der Waals surface area contributed by atoms with E-state index in [2.05, 4.69) is 5.32 Å². The Hall–Kier alpha value is -1.14. The molecule has 2 unspecified atom stereocenters. The molecular formula is C10H18N2O4. The van der Waals surface area contributed by atoms with Crippen molar-refractivity contribution in [3.63, 3.8) is 0 Å². The van der Waals surface area contributed by atoms with Crippen LogP contribution in [0.3, 0.4) is 0 Å². The van der Waals surface area contributed by atoms with Gasteiger partial charge in [-0.05, 0) is 19.4 Å². The van der Waals surface area contributed by atoms with Crippen LogP contribution in [0.5, 0.6) is 0 Å². The third-order valence-corrected chi connectivity index (χ3v) is 2.85. The number of aliphatic carboxylic acids is 1. The molecule has 92 valence electrons. The van der Waals surface area contributed by atoms with E-state index < -0.39 is 12.0 Å². The first-order valence-corrected chi connectivity index (χ1v) is 5.31. The fraction of sp³-hybridized carbons (Fsp3) is 0.800. The van der Waals surface area contributed by atoms with Crippen LogP contribution in [-0.2, 0) is 14.3 Å². The summed E-state index contributed by atoms with van der Waals surface area (Å²) in [5.74, 6) is -1.07. The summed E-state index contributed by atoms with van der Waals surface area (Å²) in [4.78, 5) is 24.3. The molecule has 1 aliphatic rings. The minimum absolute atomic E-state index is 0.100. The molecule has 2 atom stereocenters. The molecule has 0 saturated carbocycles. The minimum Gasteiger partial charge on any atom is -0.480 e. The number of nitrogens with zero attached hydrogens (tertiary/aromatic N) is 1. The molecule has 1 aliphatic heterocycles. The number of carboxylic acids is 1. The number of hydrogen-bond acceptors (Lipinski definition) is 4. The molecule has 6 heteroatoms. The minimum atomic E-state index is -0.947. The number of rotatable bonds is 5. The number of likely N-dealkylation sites (tertiary alicyclic amines) is 1. The SMILES string of the molecule is CNC(=O)C1CCCN1C(COC)C(=O)O. The highest BCUT2D eigenvalue weighted by Gasteiger charge is 2.38. The van der Waals surface area contributed by atoms with Crippen LogP contribution in [0, 0.1) is 0 Å². The van der Waals surface area contributed by atoms with Crippen molar-refractivity contribution in [3.05, 3.63) is 0 Å². The van der Waals surface area contributed by atoms with Crippen LogP contribution in [0.1, 0.15) is 12.8 Å². The third-order valence-electron chi connectivity index (χ3n) is 2.85. The highest BCUT2D eigenvalue weighted by molar-refractivity contribution is 5.83. The first-order chi connectivity index (χ1) is 7.61. The Labute approximate surface area is 94.6 Å². The Morgan fingerprint density at radius 2 is 2.31 bits per heavy atom. The van der Waals surface area contributed by atoms with Gasteiger partial charge >= 0.3 is 5.97 Å². The van der Waals surface area contributed by atoms with E-state index in [-0.39, 0.29) is 18.6 Å². The van der Waals surface area contributed by atoms with Crippen molar-refractivity contribution in [1.82, 2.24) is 10.2 Å². The Morgan fingerprint density at radius 3 is 2.81 bits per heavy atom. The van der Waals surface area contributed by atoms with Gasteiger partial charge in [0.05, 0.1) is 12.6 Å². The molecule has 0 aromatic rings. The molecule has 1 saturated heterocycles. The number of amides is 1. The maximum Gasteiger partial charge on any atom is 0.323 e. The topological polar surface area (TPSA) is 78.9 Å². The molecule has 16 heavy (non-hydrogen) atoms. The zero-order chi connectivity index (χ0) is 12.1. The quantitative estimate of drug-likeness (QED) is 0.652. The molecule has 6 nitrogen and oxygen atoms in total. The smallest absolute Gasteiger partial charge is 0.323 e. The second-order valence-electron chi connectivity index (χ2n) is 3.82. The number of carboxylic acid groups (broad SMARTS) is 1. The summed E-state index contributed by atoms with van der Waals surface area (Å²) < 4.78 is 4.89. The van der Waals surface area contributed by atoms with E-state index in [1.807, 2.05) is 0 Å². The van der Waals surface area contributed by atoms with E-state index in [4.69, 9.17) is 9.84 Å². The van der Waals surface area contributed by atoms with Gasteiger partial charge in [-0.25, -0.2) is 0 Å². The fourth-order valence-electron chi connectivity index (χ4n) is 2.08. The van der Waals surface area contributed by atoms with Crippen molar-refractivity contribution in [2.45, 2.75) is 24.9 Å². The standard InChI is InChI=1S/C10H18N2O4/c1-11-9(13)7-4-3-5-12(7)8(6-16-2)10(14)15/h7-8H,3-6H2,1-2H3,(H,11,13)(H,14,15). The first kappa shape index (κ1) is 12.9. The molecule has 0 bridgehead atoms. The predicted octanol–water partition coefficient (Wildman–Crippen LogP) is -0.704. The number of hydrogen-bond donors (Lipinski definition) is 2. The molecule has 1 rings (SSSR count). The lowest BCUT2D eigenvalue weighted by atomic mass is 10.1. The second-order valence-corrected chi connectivity index (χ2v) is 3.82. The van der Waals surface area contributed by atoms with Crippen molar-refractivity contribution >= 4 is 11.9 Å². The second kappa shape index (κ2) is 5.81. The van der Waals surface area contributed by atoms with Crippen LogP contribution >= 0.6 is 0 Å². The van der Waals surface area contributed by atoms with Gasteiger partial charge in [0.25, 0.3) is 0 Å². The van der Waals surface area contributed by atoms with Crippen molar-refractivity contribution in [1.29, 1.82) is 0 Å². The summed E-state index contributed by atoms with van der Waals surface area (Å²) in [5.41, 5.74) is 0. The van der Waals surface area contributed by atoms with Crippen molar-refractivity contribution in [2.75, 3.05) is 27.3 Å². The number of ether oxygens (including phenoxy) is 1. The highest BCUT2D eigenvalue weighted by atomic mass is 16.5. The Kier molecular flexibility index (Phi) is 4.70. The lowest BCUT2D eigenvalue weighted by Gasteiger charge is -2.28. The normalized spacial score (nSPS) is 23.0. The van der Waals surface area contributed by atoms with E-state index in [0.29, 0.717) is 13.0 Å². The molecular weight excluding hydrogens is 212 g/mol. The van der Waals surface area contributed by atoms with Crippen molar-refractivity contribution in [2.24, 2.45) is 0 Å². The summed E-state index contributed by atoms with van der Waals surface area (Å²) >= 11 is 0. The molecule has 0 aliphatic carbocycles. The number of carbonyl (C=O) groups is 2. The van der Waals surface area contributed by atoms with Crippen LogP contribution in [0.4, 0.5) is 0 Å². The predicted molar refractivity (Wildman–Crippen MR) is 57.1 cm³/mol. The van der Waals surface area contributed by atoms with Crippen molar-refractivity contribution in [3.8, 4) is 0 Å². The third kappa shape index (κ3) is 2.70. The average molecular weight is 230 g/mol. The van der Waals surface area contributed by atoms with Crippen molar-refractivity contribution < 1.29 is 19.4 Å². The zero-order valence-corrected chi connectivity index (χ0v) is 9.60. The van der Waals surface area contributed by atoms with Crippen LogP contribution in [-0.4, -0.2) is 61.3 Å². The van der Waals surface area contributed by atoms with Gasteiger partial charge in [-0.1, -0.05) is 0 Å². The first-order valence-electron chi connectivity index (χ1n) is 5.31. The maximum atomic E-state index is 11.6. The monoisotopic (exact) mass is 230 g/mol. The summed E-state index contributed by atoms with van der Waals surface area (Å²) in [6, 6.07) is -1.09. The number of likely N-dealkylation sites (N-methyl/N-ethyl adjacent to an activating group) is 1. The largest absolute Gasteiger partial charge is 0.480 e. The molecule has 1 heterocycles. The summed E-state index contributed by atoms with van der Waals surface area (Å²) in [6.07, 6.45) is 1.54. The average Bonchev–Trinajstić information content (AvgIpc) is 2.72. The summed E-state index contributed by atoms with van der Waals surface area (Å²) in [5, 5.41) is 11.6. The van der Waals surface area contributed by atoms with E-state index >= 15 is 0 Å². The highest BCUT2D eigenvalue weighted by Crippen LogP contribution is 2.20. The van der Waals surface area contributed by atoms with Crippen LogP contribution in [0.15, 0.2) is 0 Å². The number of methoxy groups -OCH3 is 1. The number of carbonyl (C=O) groups excluding carboxylic acids is 1. The van der Waals surface area contributed by atoms with Gasteiger partial charge in [-0.3, -0.25) is 14.5 Å². The van der Waals surface area contributed by atoms with E-state index in [9.17, 15) is 9.59 Å². The van der Waals surface area contributed by atoms with Gasteiger partial charge in [0, 0.05) is 14.2 Å². The Bertz CT molecular complexity index is 270. The van der Waals surface area contributed by atoms with Crippen LogP contribution in [0.25, 0.3) is 0 Å². The van der Waals surface area contributed by atoms with E-state index in [0.717, 1.165) is 6.42 Å². The van der Waals surface area contributed by atoms with Gasteiger partial charge < -0.3 is 15.2 Å². The summed E-state index contributed by atoms with van der Waals surface area (Å²) in [6.45, 7) is 0.723.